The van der Waals surface area contributed by atoms with Gasteiger partial charge in [-0.2, -0.15) is 0 Å². The number of carbonyl (C=O) groups excluding carboxylic acids is 1. The SMILES string of the molecule is CC(Cn1ccnc1)(NC(=O)OCc1ccccc1)C(=O)O. The molecule has 1 atom stereocenters. The van der Waals surface area contributed by atoms with Gasteiger partial charge in [0.15, 0.2) is 5.54 Å². The molecule has 0 aliphatic rings. The molecular weight excluding hydrogens is 286 g/mol. The van der Waals surface area contributed by atoms with Crippen molar-refractivity contribution in [1.29, 1.82) is 0 Å². The number of alkyl carbamates (subject to hydrolysis) is 1. The van der Waals surface area contributed by atoms with E-state index in [1.54, 1.807) is 10.8 Å². The third-order valence-corrected chi connectivity index (χ3v) is 3.12. The summed E-state index contributed by atoms with van der Waals surface area (Å²) >= 11 is 0. The van der Waals surface area contributed by atoms with Gasteiger partial charge < -0.3 is 19.7 Å². The normalized spacial score (nSPS) is 13.1. The van der Waals surface area contributed by atoms with Crippen LogP contribution in [0.25, 0.3) is 0 Å². The van der Waals surface area contributed by atoms with E-state index in [-0.39, 0.29) is 13.2 Å². The fourth-order valence-electron chi connectivity index (χ4n) is 1.89. The van der Waals surface area contributed by atoms with Gasteiger partial charge in [-0.05, 0) is 12.5 Å². The highest BCUT2D eigenvalue weighted by molar-refractivity contribution is 5.83. The van der Waals surface area contributed by atoms with Gasteiger partial charge in [-0.3, -0.25) is 0 Å². The molecule has 0 saturated heterocycles. The Bertz CT molecular complexity index is 628. The number of carboxylic acids is 1. The predicted octanol–water partition coefficient (Wildman–Crippen LogP) is 1.65. The Balaban J connectivity index is 1.95. The van der Waals surface area contributed by atoms with Gasteiger partial charge in [0.25, 0.3) is 0 Å². The first-order chi connectivity index (χ1) is 10.5. The van der Waals surface area contributed by atoms with Gasteiger partial charge in [-0.25, -0.2) is 14.6 Å². The van der Waals surface area contributed by atoms with Crippen LogP contribution in [0, 0.1) is 0 Å². The van der Waals surface area contributed by atoms with Crippen molar-refractivity contribution in [2.75, 3.05) is 0 Å². The largest absolute Gasteiger partial charge is 0.479 e. The summed E-state index contributed by atoms with van der Waals surface area (Å²) in [4.78, 5) is 27.1. The van der Waals surface area contributed by atoms with Crippen LogP contribution in [-0.4, -0.2) is 32.3 Å². The molecule has 0 radical (unpaired) electrons. The number of aliphatic carboxylic acids is 1. The minimum absolute atomic E-state index is 0.0444. The summed E-state index contributed by atoms with van der Waals surface area (Å²) < 4.78 is 6.63. The van der Waals surface area contributed by atoms with Crippen molar-refractivity contribution >= 4 is 12.1 Å². The molecular formula is C15H17N3O4. The number of carboxylic acid groups (broad SMARTS) is 1. The molecule has 2 rings (SSSR count). The van der Waals surface area contributed by atoms with E-state index in [1.165, 1.54) is 19.4 Å². The van der Waals surface area contributed by atoms with Crippen molar-refractivity contribution in [3.63, 3.8) is 0 Å². The third-order valence-electron chi connectivity index (χ3n) is 3.12. The van der Waals surface area contributed by atoms with Crippen LogP contribution in [0.4, 0.5) is 4.79 Å². The molecule has 1 aromatic heterocycles. The second-order valence-corrected chi connectivity index (χ2v) is 5.06. The van der Waals surface area contributed by atoms with E-state index in [1.807, 2.05) is 30.3 Å². The lowest BCUT2D eigenvalue weighted by Gasteiger charge is -2.26. The zero-order valence-electron chi connectivity index (χ0n) is 12.1. The maximum Gasteiger partial charge on any atom is 0.408 e. The monoisotopic (exact) mass is 303 g/mol. The summed E-state index contributed by atoms with van der Waals surface area (Å²) in [7, 11) is 0. The number of benzene rings is 1. The van der Waals surface area contributed by atoms with Crippen LogP contribution < -0.4 is 5.32 Å². The molecule has 1 heterocycles. The fourth-order valence-corrected chi connectivity index (χ4v) is 1.89. The Morgan fingerprint density at radius 2 is 2.09 bits per heavy atom. The second-order valence-electron chi connectivity index (χ2n) is 5.06. The molecule has 0 aliphatic carbocycles. The van der Waals surface area contributed by atoms with Gasteiger partial charge in [-0.1, -0.05) is 30.3 Å². The van der Waals surface area contributed by atoms with Gasteiger partial charge in [0, 0.05) is 12.4 Å². The first-order valence-corrected chi connectivity index (χ1v) is 6.67. The van der Waals surface area contributed by atoms with Crippen molar-refractivity contribution in [1.82, 2.24) is 14.9 Å². The number of carbonyl (C=O) groups is 2. The van der Waals surface area contributed by atoms with Gasteiger partial charge in [0.1, 0.15) is 6.61 Å². The standard InChI is InChI=1S/C15H17N3O4/c1-15(13(19)20,10-18-8-7-16-11-18)17-14(21)22-9-12-5-3-2-4-6-12/h2-8,11H,9-10H2,1H3,(H,17,21)(H,19,20). The summed E-state index contributed by atoms with van der Waals surface area (Å²) in [5, 5.41) is 11.8. The zero-order chi connectivity index (χ0) is 16.0. The van der Waals surface area contributed by atoms with Gasteiger partial charge in [0.2, 0.25) is 0 Å². The van der Waals surface area contributed by atoms with E-state index in [9.17, 15) is 14.7 Å². The number of nitrogens with one attached hydrogen (secondary N) is 1. The third kappa shape index (κ3) is 4.08. The molecule has 0 bridgehead atoms. The Morgan fingerprint density at radius 1 is 1.36 bits per heavy atom. The lowest BCUT2D eigenvalue weighted by Crippen LogP contribution is -2.55. The molecule has 7 nitrogen and oxygen atoms in total. The number of ether oxygens (including phenoxy) is 1. The first kappa shape index (κ1) is 15.6. The molecule has 116 valence electrons. The van der Waals surface area contributed by atoms with Crippen molar-refractivity contribution in [3.8, 4) is 0 Å². The van der Waals surface area contributed by atoms with Crippen molar-refractivity contribution in [2.24, 2.45) is 0 Å². The molecule has 0 aliphatic heterocycles. The molecule has 7 heteroatoms. The van der Waals surface area contributed by atoms with Crippen LogP contribution in [0.2, 0.25) is 0 Å². The summed E-state index contributed by atoms with van der Waals surface area (Å²) in [5.41, 5.74) is -0.668. The number of imidazole rings is 1. The van der Waals surface area contributed by atoms with E-state index < -0.39 is 17.6 Å². The maximum absolute atomic E-state index is 11.8. The van der Waals surface area contributed by atoms with Crippen molar-refractivity contribution in [2.45, 2.75) is 25.6 Å². The van der Waals surface area contributed by atoms with Crippen LogP contribution in [0.3, 0.4) is 0 Å². The van der Waals surface area contributed by atoms with E-state index in [4.69, 9.17) is 4.74 Å². The highest BCUT2D eigenvalue weighted by Crippen LogP contribution is 2.10. The molecule has 0 spiro atoms. The van der Waals surface area contributed by atoms with Crippen molar-refractivity contribution in [3.05, 3.63) is 54.6 Å². The molecule has 2 N–H and O–H groups in total. The van der Waals surface area contributed by atoms with Crippen molar-refractivity contribution < 1.29 is 19.4 Å². The lowest BCUT2D eigenvalue weighted by atomic mass is 10.0. The molecule has 1 unspecified atom stereocenters. The molecule has 1 aromatic carbocycles. The summed E-state index contributed by atoms with van der Waals surface area (Å²) in [6.45, 7) is 1.54. The quantitative estimate of drug-likeness (QED) is 0.846. The van der Waals surface area contributed by atoms with Crippen LogP contribution in [0.1, 0.15) is 12.5 Å². The Labute approximate surface area is 127 Å². The number of hydrogen-bond donors (Lipinski definition) is 2. The smallest absolute Gasteiger partial charge is 0.408 e. The summed E-state index contributed by atoms with van der Waals surface area (Å²) in [5.74, 6) is -1.15. The number of aromatic nitrogens is 2. The van der Waals surface area contributed by atoms with E-state index in [0.29, 0.717) is 0 Å². The van der Waals surface area contributed by atoms with Crippen LogP contribution in [-0.2, 0) is 22.7 Å². The maximum atomic E-state index is 11.8. The Morgan fingerprint density at radius 3 is 2.68 bits per heavy atom. The van der Waals surface area contributed by atoms with Crippen LogP contribution >= 0.6 is 0 Å². The Hall–Kier alpha value is -2.83. The lowest BCUT2D eigenvalue weighted by molar-refractivity contribution is -0.144. The molecule has 1 amide bonds. The Kier molecular flexibility index (Phi) is 4.77. The zero-order valence-corrected chi connectivity index (χ0v) is 12.1. The minimum atomic E-state index is -1.49. The number of hydrogen-bond acceptors (Lipinski definition) is 4. The number of amides is 1. The highest BCUT2D eigenvalue weighted by Gasteiger charge is 2.36. The summed E-state index contributed by atoms with van der Waals surface area (Å²) in [6.07, 6.45) is 3.86. The molecule has 2 aromatic rings. The second kappa shape index (κ2) is 6.75. The fraction of sp³-hybridized carbons (Fsp3) is 0.267. The van der Waals surface area contributed by atoms with Gasteiger partial charge in [0.05, 0.1) is 12.9 Å². The average molecular weight is 303 g/mol. The topological polar surface area (TPSA) is 93.5 Å². The average Bonchev–Trinajstić information content (AvgIpc) is 2.98. The summed E-state index contributed by atoms with van der Waals surface area (Å²) in [6, 6.07) is 9.15. The van der Waals surface area contributed by atoms with E-state index in [0.717, 1.165) is 5.56 Å². The highest BCUT2D eigenvalue weighted by atomic mass is 16.5. The molecule has 22 heavy (non-hydrogen) atoms. The van der Waals surface area contributed by atoms with E-state index in [2.05, 4.69) is 10.3 Å². The number of rotatable bonds is 6. The predicted molar refractivity (Wildman–Crippen MR) is 78.0 cm³/mol. The first-order valence-electron chi connectivity index (χ1n) is 6.67. The number of nitrogens with zero attached hydrogens (tertiary/aromatic N) is 2. The molecule has 0 fully saturated rings. The minimum Gasteiger partial charge on any atom is -0.479 e. The van der Waals surface area contributed by atoms with Crippen LogP contribution in [0.5, 0.6) is 0 Å². The van der Waals surface area contributed by atoms with Gasteiger partial charge in [-0.15, -0.1) is 0 Å². The van der Waals surface area contributed by atoms with Crippen LogP contribution in [0.15, 0.2) is 49.1 Å². The van der Waals surface area contributed by atoms with Gasteiger partial charge >= 0.3 is 12.1 Å². The van der Waals surface area contributed by atoms with E-state index >= 15 is 0 Å². The molecule has 0 saturated carbocycles.